The van der Waals surface area contributed by atoms with E-state index in [4.69, 9.17) is 4.74 Å². The molecule has 3 rings (SSSR count). The van der Waals surface area contributed by atoms with Crippen LogP contribution in [0.15, 0.2) is 23.1 Å². The van der Waals surface area contributed by atoms with Crippen LogP contribution in [0, 0.1) is 0 Å². The Labute approximate surface area is 177 Å². The van der Waals surface area contributed by atoms with Crippen molar-refractivity contribution in [2.24, 2.45) is 0 Å². The standard InChI is InChI=1S/C20H26F3N5O3/c1-18(2,3)31-17(30)25-19(4,5)11-28-14(10-15(26-28)20(21,22)23)13-8-9-27(12-6-7-12)16(29)24-13/h8-10,12H,6-7,11H2,1-5H3,(H,25,30). The van der Waals surface area contributed by atoms with Gasteiger partial charge in [0.2, 0.25) is 0 Å². The first-order valence-electron chi connectivity index (χ1n) is 9.90. The molecule has 1 amide bonds. The highest BCUT2D eigenvalue weighted by molar-refractivity contribution is 5.68. The third-order valence-corrected chi connectivity index (χ3v) is 4.49. The first-order chi connectivity index (χ1) is 14.1. The molecule has 11 heteroatoms. The molecule has 0 spiro atoms. The number of carbonyl (C=O) groups is 1. The fraction of sp³-hybridized carbons (Fsp3) is 0.600. The molecule has 0 saturated heterocycles. The van der Waals surface area contributed by atoms with Crippen LogP contribution in [-0.4, -0.2) is 36.6 Å². The van der Waals surface area contributed by atoms with Crippen molar-refractivity contribution in [2.75, 3.05) is 0 Å². The molecule has 170 valence electrons. The normalized spacial score (nSPS) is 15.1. The fourth-order valence-electron chi connectivity index (χ4n) is 3.06. The van der Waals surface area contributed by atoms with E-state index in [9.17, 15) is 22.8 Å². The molecule has 1 aliphatic carbocycles. The maximum Gasteiger partial charge on any atom is 0.435 e. The van der Waals surface area contributed by atoms with Crippen molar-refractivity contribution in [3.8, 4) is 11.4 Å². The van der Waals surface area contributed by atoms with E-state index in [2.05, 4.69) is 15.4 Å². The minimum atomic E-state index is -4.67. The number of ether oxygens (including phenoxy) is 1. The molecule has 2 aromatic rings. The van der Waals surface area contributed by atoms with Gasteiger partial charge in [-0.15, -0.1) is 0 Å². The molecule has 8 nitrogen and oxygen atoms in total. The van der Waals surface area contributed by atoms with Crippen molar-refractivity contribution in [3.05, 3.63) is 34.5 Å². The molecule has 0 aliphatic heterocycles. The van der Waals surface area contributed by atoms with Gasteiger partial charge in [0.05, 0.1) is 23.5 Å². The van der Waals surface area contributed by atoms with Gasteiger partial charge in [-0.3, -0.25) is 9.25 Å². The lowest BCUT2D eigenvalue weighted by Gasteiger charge is -2.29. The summed E-state index contributed by atoms with van der Waals surface area (Å²) in [6.45, 7) is 8.27. The molecule has 1 saturated carbocycles. The molecule has 1 aliphatic rings. The first-order valence-corrected chi connectivity index (χ1v) is 9.90. The SMILES string of the molecule is CC(C)(Cn1nc(C(F)(F)F)cc1-c1ccn(C2CC2)c(=O)n1)NC(=O)OC(C)(C)C. The maximum absolute atomic E-state index is 13.3. The van der Waals surface area contributed by atoms with Gasteiger partial charge in [-0.1, -0.05) is 0 Å². The van der Waals surface area contributed by atoms with Crippen LogP contribution in [0.25, 0.3) is 11.4 Å². The van der Waals surface area contributed by atoms with Crippen LogP contribution >= 0.6 is 0 Å². The molecule has 0 radical (unpaired) electrons. The van der Waals surface area contributed by atoms with Gasteiger partial charge in [-0.2, -0.15) is 23.3 Å². The van der Waals surface area contributed by atoms with Crippen LogP contribution in [0.4, 0.5) is 18.0 Å². The summed E-state index contributed by atoms with van der Waals surface area (Å²) in [6, 6.07) is 2.45. The van der Waals surface area contributed by atoms with Crippen molar-refractivity contribution >= 4 is 6.09 Å². The zero-order chi connectivity index (χ0) is 23.2. The first kappa shape index (κ1) is 22.8. The third kappa shape index (κ3) is 5.86. The van der Waals surface area contributed by atoms with Gasteiger partial charge in [0.25, 0.3) is 0 Å². The molecule has 2 heterocycles. The van der Waals surface area contributed by atoms with Gasteiger partial charge < -0.3 is 10.1 Å². The summed E-state index contributed by atoms with van der Waals surface area (Å²) in [5, 5.41) is 6.32. The Kier molecular flexibility index (Phi) is 5.66. The Morgan fingerprint density at radius 1 is 1.23 bits per heavy atom. The van der Waals surface area contributed by atoms with Gasteiger partial charge in [-0.25, -0.2) is 9.59 Å². The van der Waals surface area contributed by atoms with Gasteiger partial charge in [0.1, 0.15) is 5.60 Å². The Morgan fingerprint density at radius 2 is 1.87 bits per heavy atom. The van der Waals surface area contributed by atoms with Crippen LogP contribution < -0.4 is 11.0 Å². The molecule has 0 bridgehead atoms. The zero-order valence-corrected chi connectivity index (χ0v) is 18.1. The maximum atomic E-state index is 13.3. The van der Waals surface area contributed by atoms with E-state index in [1.807, 2.05) is 0 Å². The minimum Gasteiger partial charge on any atom is -0.444 e. The zero-order valence-electron chi connectivity index (χ0n) is 18.1. The van der Waals surface area contributed by atoms with Crippen LogP contribution in [0.3, 0.4) is 0 Å². The van der Waals surface area contributed by atoms with E-state index in [1.54, 1.807) is 34.6 Å². The molecule has 1 N–H and O–H groups in total. The number of nitrogens with one attached hydrogen (secondary N) is 1. The average Bonchev–Trinajstić information content (AvgIpc) is 3.31. The predicted molar refractivity (Wildman–Crippen MR) is 106 cm³/mol. The highest BCUT2D eigenvalue weighted by Gasteiger charge is 2.36. The lowest BCUT2D eigenvalue weighted by molar-refractivity contribution is -0.141. The quantitative estimate of drug-likeness (QED) is 0.763. The summed E-state index contributed by atoms with van der Waals surface area (Å²) < 4.78 is 47.8. The fourth-order valence-corrected chi connectivity index (χ4v) is 3.06. The third-order valence-electron chi connectivity index (χ3n) is 4.49. The number of rotatable bonds is 5. The van der Waals surface area contributed by atoms with E-state index in [0.717, 1.165) is 23.6 Å². The largest absolute Gasteiger partial charge is 0.444 e. The van der Waals surface area contributed by atoms with Crippen molar-refractivity contribution < 1.29 is 22.7 Å². The van der Waals surface area contributed by atoms with Crippen molar-refractivity contribution in [3.63, 3.8) is 0 Å². The number of amides is 1. The molecular formula is C20H26F3N5O3. The summed E-state index contributed by atoms with van der Waals surface area (Å²) in [5.41, 5.74) is -3.24. The molecular weight excluding hydrogens is 415 g/mol. The molecule has 1 fully saturated rings. The number of hydrogen-bond donors (Lipinski definition) is 1. The number of halogens is 3. The summed E-state index contributed by atoms with van der Waals surface area (Å²) in [5.74, 6) is 0. The van der Waals surface area contributed by atoms with Crippen LogP contribution in [0.1, 0.15) is 59.2 Å². The van der Waals surface area contributed by atoms with E-state index >= 15 is 0 Å². The number of hydrogen-bond acceptors (Lipinski definition) is 5. The number of nitrogens with zero attached hydrogens (tertiary/aromatic N) is 4. The van der Waals surface area contributed by atoms with Crippen LogP contribution in [-0.2, 0) is 17.5 Å². The summed E-state index contributed by atoms with van der Waals surface area (Å²) in [4.78, 5) is 28.4. The number of carbonyl (C=O) groups excluding carboxylic acids is 1. The second-order valence-electron chi connectivity index (χ2n) is 9.31. The second kappa shape index (κ2) is 7.69. The Bertz CT molecular complexity index is 1030. The number of aromatic nitrogens is 4. The monoisotopic (exact) mass is 441 g/mol. The molecule has 2 aromatic heterocycles. The topological polar surface area (TPSA) is 91.0 Å². The van der Waals surface area contributed by atoms with Gasteiger partial charge in [-0.05, 0) is 59.6 Å². The van der Waals surface area contributed by atoms with Crippen molar-refractivity contribution in [1.82, 2.24) is 24.6 Å². The van der Waals surface area contributed by atoms with E-state index < -0.39 is 34.8 Å². The Hall–Kier alpha value is -2.85. The van der Waals surface area contributed by atoms with E-state index in [0.29, 0.717) is 0 Å². The number of alkyl carbamates (subject to hydrolysis) is 1. The van der Waals surface area contributed by atoms with Crippen LogP contribution in [0.5, 0.6) is 0 Å². The summed E-state index contributed by atoms with van der Waals surface area (Å²) >= 11 is 0. The predicted octanol–water partition coefficient (Wildman–Crippen LogP) is 3.76. The lowest BCUT2D eigenvalue weighted by Crippen LogP contribution is -2.48. The van der Waals surface area contributed by atoms with Gasteiger partial charge in [0.15, 0.2) is 5.69 Å². The summed E-state index contributed by atoms with van der Waals surface area (Å²) in [6.07, 6.45) is -2.08. The average molecular weight is 441 g/mol. The minimum absolute atomic E-state index is 0.0337. The highest BCUT2D eigenvalue weighted by atomic mass is 19.4. The Balaban J connectivity index is 1.92. The molecule has 0 aromatic carbocycles. The lowest BCUT2D eigenvalue weighted by atomic mass is 10.1. The Morgan fingerprint density at radius 3 is 2.39 bits per heavy atom. The van der Waals surface area contributed by atoms with Crippen molar-refractivity contribution in [1.29, 1.82) is 0 Å². The molecule has 31 heavy (non-hydrogen) atoms. The summed E-state index contributed by atoms with van der Waals surface area (Å²) in [7, 11) is 0. The second-order valence-corrected chi connectivity index (χ2v) is 9.31. The molecule has 0 unspecified atom stereocenters. The van der Waals surface area contributed by atoms with E-state index in [1.165, 1.54) is 16.8 Å². The molecule has 0 atom stereocenters. The van der Waals surface area contributed by atoms with Crippen LogP contribution in [0.2, 0.25) is 0 Å². The van der Waals surface area contributed by atoms with Gasteiger partial charge >= 0.3 is 18.0 Å². The van der Waals surface area contributed by atoms with Crippen molar-refractivity contribution in [2.45, 2.75) is 77.4 Å². The highest BCUT2D eigenvalue weighted by Crippen LogP contribution is 2.34. The smallest absolute Gasteiger partial charge is 0.435 e. The van der Waals surface area contributed by atoms with Gasteiger partial charge in [0, 0.05) is 12.2 Å². The van der Waals surface area contributed by atoms with E-state index in [-0.39, 0.29) is 24.0 Å². The number of alkyl halides is 3.